The number of rotatable bonds is 9. The van der Waals surface area contributed by atoms with E-state index < -0.39 is 60.2 Å². The predicted octanol–water partition coefficient (Wildman–Crippen LogP) is 3.19. The highest BCUT2D eigenvalue weighted by Gasteiger charge is 2.66. The van der Waals surface area contributed by atoms with Gasteiger partial charge in [-0.3, -0.25) is 4.79 Å². The lowest BCUT2D eigenvalue weighted by atomic mass is 10.2. The number of halogens is 3. The van der Waals surface area contributed by atoms with E-state index in [0.717, 1.165) is 31.2 Å². The Labute approximate surface area is 180 Å². The van der Waals surface area contributed by atoms with Crippen LogP contribution in [-0.2, 0) is 14.2 Å². The van der Waals surface area contributed by atoms with Crippen molar-refractivity contribution in [2.24, 2.45) is 0 Å². The smallest absolute Gasteiger partial charge is 0.471 e. The molecule has 2 rings (SSSR count). The number of benzene rings is 2. The Balaban J connectivity index is 2.87. The number of carboxylic acids is 1. The summed E-state index contributed by atoms with van der Waals surface area (Å²) in [6, 6.07) is 10.5. The molecule has 174 valence electrons. The Morgan fingerprint density at radius 2 is 1.38 bits per heavy atom. The zero-order valence-corrected chi connectivity index (χ0v) is 17.4. The Hall–Kier alpha value is -3.08. The number of aliphatic carboxylic acids is 1. The van der Waals surface area contributed by atoms with E-state index in [2.05, 4.69) is 0 Å². The highest BCUT2D eigenvalue weighted by atomic mass is 31.2. The third kappa shape index (κ3) is 5.39. The maximum absolute atomic E-state index is 13.5. The summed E-state index contributed by atoms with van der Waals surface area (Å²) in [4.78, 5) is 43.9. The van der Waals surface area contributed by atoms with Gasteiger partial charge in [0.1, 0.15) is 17.5 Å². The summed E-state index contributed by atoms with van der Waals surface area (Å²) in [5.74, 6) is -5.63. The molecule has 0 radical (unpaired) electrons. The van der Waals surface area contributed by atoms with E-state index in [-0.39, 0.29) is 0 Å². The van der Waals surface area contributed by atoms with Gasteiger partial charge in [0.2, 0.25) is 0 Å². The zero-order valence-electron chi connectivity index (χ0n) is 16.5. The molecule has 0 aliphatic carbocycles. The van der Waals surface area contributed by atoms with Crippen LogP contribution in [0.15, 0.2) is 60.7 Å². The molecule has 0 aromatic heterocycles. The molecule has 3 N–H and O–H groups in total. The summed E-state index contributed by atoms with van der Waals surface area (Å²) in [6.45, 7) is 1.12. The van der Waals surface area contributed by atoms with Crippen molar-refractivity contribution in [3.63, 3.8) is 0 Å². The van der Waals surface area contributed by atoms with E-state index in [1.165, 1.54) is 36.4 Å². The number of alkyl halides is 3. The monoisotopic (exact) mass is 477 g/mol. The lowest BCUT2D eigenvalue weighted by Crippen LogP contribution is -2.66. The maximum atomic E-state index is 13.5. The maximum Gasteiger partial charge on any atom is 0.471 e. The van der Waals surface area contributed by atoms with Crippen LogP contribution >= 0.6 is 7.60 Å². The van der Waals surface area contributed by atoms with Crippen LogP contribution < -0.4 is 9.47 Å². The van der Waals surface area contributed by atoms with E-state index in [1.54, 1.807) is 0 Å². The summed E-state index contributed by atoms with van der Waals surface area (Å²) in [5, 5.41) is 9.49. The number of para-hydroxylation sites is 2. The second-order valence-corrected chi connectivity index (χ2v) is 8.01. The Morgan fingerprint density at radius 1 is 0.969 bits per heavy atom. The first-order chi connectivity index (χ1) is 14.8. The molecule has 9 nitrogen and oxygen atoms in total. The quantitative estimate of drug-likeness (QED) is 0.371. The van der Waals surface area contributed by atoms with Crippen LogP contribution in [0, 0.1) is 0 Å². The van der Waals surface area contributed by atoms with Gasteiger partial charge in [-0.25, -0.2) is 14.3 Å². The van der Waals surface area contributed by atoms with Gasteiger partial charge in [0.05, 0.1) is 0 Å². The number of hydrogen-bond acceptors (Lipinski definition) is 5. The van der Waals surface area contributed by atoms with E-state index in [4.69, 9.17) is 9.47 Å². The van der Waals surface area contributed by atoms with Crippen molar-refractivity contribution in [2.75, 3.05) is 0 Å². The number of carbonyl (C=O) groups excluding carboxylic acids is 1. The molecule has 2 aromatic carbocycles. The number of nitrogens with zero attached hydrogens (tertiary/aromatic N) is 1. The normalized spacial score (nSPS) is 13.2. The third-order valence-corrected chi connectivity index (χ3v) is 5.24. The molecular weight excluding hydrogens is 458 g/mol. The first-order valence-corrected chi connectivity index (χ1v) is 10.6. The van der Waals surface area contributed by atoms with Crippen LogP contribution in [-0.4, -0.2) is 49.5 Å². The lowest BCUT2D eigenvalue weighted by Gasteiger charge is -2.44. The summed E-state index contributed by atoms with van der Waals surface area (Å²) < 4.78 is 63.7. The Morgan fingerprint density at radius 3 is 1.66 bits per heavy atom. The first kappa shape index (κ1) is 25.2. The second-order valence-electron chi connectivity index (χ2n) is 6.36. The van der Waals surface area contributed by atoms with Crippen LogP contribution in [0.1, 0.15) is 13.3 Å². The molecule has 13 heteroatoms. The number of amides is 1. The van der Waals surface area contributed by atoms with Crippen LogP contribution in [0.5, 0.6) is 11.5 Å². The molecule has 1 amide bonds. The highest BCUT2D eigenvalue weighted by Crippen LogP contribution is 2.55. The van der Waals surface area contributed by atoms with Crippen LogP contribution in [0.25, 0.3) is 0 Å². The fraction of sp³-hybridized carbons (Fsp3) is 0.263. The number of carbonyl (C=O) groups is 2. The van der Waals surface area contributed by atoms with Crippen molar-refractivity contribution in [1.82, 2.24) is 4.90 Å². The molecule has 0 fully saturated rings. The molecule has 2 aromatic rings. The summed E-state index contributed by atoms with van der Waals surface area (Å²) in [5.41, 5.74) is -3.80. The highest BCUT2D eigenvalue weighted by molar-refractivity contribution is 7.53. The Bertz CT molecular complexity index is 940. The van der Waals surface area contributed by atoms with E-state index in [0.29, 0.717) is 0 Å². The zero-order chi connectivity index (χ0) is 24.2. The summed E-state index contributed by atoms with van der Waals surface area (Å²) >= 11 is 0. The molecule has 0 aliphatic rings. The largest absolute Gasteiger partial charge is 0.480 e. The van der Waals surface area contributed by atoms with Gasteiger partial charge in [0, 0.05) is 0 Å². The minimum Gasteiger partial charge on any atom is -0.480 e. The number of ether oxygens (including phenoxy) is 2. The molecule has 1 atom stereocenters. The average Bonchev–Trinajstić information content (AvgIpc) is 2.70. The van der Waals surface area contributed by atoms with E-state index in [1.807, 2.05) is 0 Å². The minimum atomic E-state index is -6.03. The van der Waals surface area contributed by atoms with Crippen LogP contribution in [0.4, 0.5) is 13.2 Å². The molecule has 0 heterocycles. The molecule has 0 saturated heterocycles. The Kier molecular flexibility index (Phi) is 7.55. The molecule has 32 heavy (non-hydrogen) atoms. The molecule has 0 bridgehead atoms. The van der Waals surface area contributed by atoms with Crippen molar-refractivity contribution in [3.8, 4) is 11.5 Å². The minimum absolute atomic E-state index is 0.396. The van der Waals surface area contributed by atoms with Crippen molar-refractivity contribution in [1.29, 1.82) is 0 Å². The van der Waals surface area contributed by atoms with Gasteiger partial charge >= 0.3 is 31.3 Å². The van der Waals surface area contributed by atoms with Gasteiger partial charge in [0.15, 0.2) is 0 Å². The standard InChI is InChI=1S/C19H19F3NO8P/c1-2-15(16(24)25)23(17(26)18(20,21)22)19(32(27,28)29,30-13-9-5-3-6-10-13)31-14-11-7-4-8-12-14/h3-12,15H,2H2,1H3,(H,24,25)(H2,27,28,29). The van der Waals surface area contributed by atoms with Crippen molar-refractivity contribution < 1.29 is 51.7 Å². The van der Waals surface area contributed by atoms with Crippen molar-refractivity contribution in [3.05, 3.63) is 60.7 Å². The fourth-order valence-electron chi connectivity index (χ4n) is 2.73. The van der Waals surface area contributed by atoms with Gasteiger partial charge in [-0.15, -0.1) is 0 Å². The molecule has 1 unspecified atom stereocenters. The molecular formula is C19H19F3NO8P. The summed E-state index contributed by atoms with van der Waals surface area (Å²) in [6.07, 6.45) is -6.38. The topological polar surface area (TPSA) is 134 Å². The predicted molar refractivity (Wildman–Crippen MR) is 104 cm³/mol. The lowest BCUT2D eigenvalue weighted by molar-refractivity contribution is -0.231. The fourth-order valence-corrected chi connectivity index (χ4v) is 3.69. The number of carboxylic acid groups (broad SMARTS) is 1. The second kappa shape index (κ2) is 9.60. The first-order valence-electron chi connectivity index (χ1n) is 9.00. The van der Waals surface area contributed by atoms with Crippen LogP contribution in [0.3, 0.4) is 0 Å². The number of hydrogen-bond donors (Lipinski definition) is 3. The average molecular weight is 477 g/mol. The van der Waals surface area contributed by atoms with Gasteiger partial charge in [-0.2, -0.15) is 13.2 Å². The van der Waals surface area contributed by atoms with Crippen molar-refractivity contribution >= 4 is 19.5 Å². The van der Waals surface area contributed by atoms with Gasteiger partial charge in [-0.1, -0.05) is 43.3 Å². The van der Waals surface area contributed by atoms with Gasteiger partial charge in [0.25, 0.3) is 0 Å². The third-order valence-electron chi connectivity index (χ3n) is 4.11. The molecule has 0 spiro atoms. The van der Waals surface area contributed by atoms with Gasteiger partial charge in [-0.05, 0) is 30.7 Å². The van der Waals surface area contributed by atoms with Crippen LogP contribution in [0.2, 0.25) is 0 Å². The molecule has 0 aliphatic heterocycles. The van der Waals surface area contributed by atoms with Gasteiger partial charge < -0.3 is 24.4 Å². The van der Waals surface area contributed by atoms with Crippen molar-refractivity contribution in [2.45, 2.75) is 31.2 Å². The SMILES string of the molecule is CCC(C(=O)O)N(C(=O)C(F)(F)F)C(Oc1ccccc1)(Oc1ccccc1)P(=O)(O)O. The molecule has 0 saturated carbocycles. The van der Waals surface area contributed by atoms with E-state index >= 15 is 0 Å². The summed E-state index contributed by atoms with van der Waals surface area (Å²) in [7, 11) is -6.03. The van der Waals surface area contributed by atoms with E-state index in [9.17, 15) is 42.2 Å².